The molecule has 0 fully saturated rings. The highest BCUT2D eigenvalue weighted by Crippen LogP contribution is 2.33. The molecule has 0 aliphatic heterocycles. The van der Waals surface area contributed by atoms with E-state index in [2.05, 4.69) is 10.4 Å². The van der Waals surface area contributed by atoms with E-state index in [-0.39, 0.29) is 37.7 Å². The van der Waals surface area contributed by atoms with Crippen LogP contribution in [0, 0.1) is 0 Å². The molecule has 8 nitrogen and oxygen atoms in total. The largest absolute Gasteiger partial charge is 0.416 e. The van der Waals surface area contributed by atoms with Crippen molar-refractivity contribution in [3.63, 3.8) is 0 Å². The number of rotatable bonds is 9. The number of thiophene rings is 1. The number of nitrogens with two attached hydrogens (primary N) is 1. The van der Waals surface area contributed by atoms with Crippen LogP contribution in [0.2, 0.25) is 4.34 Å². The Balaban J connectivity index is 0.00000408. The van der Waals surface area contributed by atoms with Gasteiger partial charge >= 0.3 is 11.9 Å². The minimum Gasteiger partial charge on any atom is -0.383 e. The van der Waals surface area contributed by atoms with Crippen molar-refractivity contribution in [3.8, 4) is 10.7 Å². The number of aromatic nitrogens is 3. The maximum atomic E-state index is 13.2. The number of carbonyl (C=O) groups is 1. The molecular formula is C20H22Cl2F3N5O3S. The number of nitrogens with zero attached hydrogens (tertiary/aromatic N) is 3. The highest BCUT2D eigenvalue weighted by molar-refractivity contribution is 7.19. The number of ether oxygens (including phenoxy) is 1. The molecule has 3 aromatic rings. The van der Waals surface area contributed by atoms with E-state index in [1.807, 2.05) is 0 Å². The summed E-state index contributed by atoms with van der Waals surface area (Å²) in [4.78, 5) is 25.8. The molecule has 2 heterocycles. The van der Waals surface area contributed by atoms with Crippen LogP contribution in [-0.2, 0) is 28.8 Å². The zero-order valence-corrected chi connectivity index (χ0v) is 20.2. The van der Waals surface area contributed by atoms with Crippen LogP contribution in [0.25, 0.3) is 10.7 Å². The van der Waals surface area contributed by atoms with Gasteiger partial charge in [-0.3, -0.25) is 9.36 Å². The lowest BCUT2D eigenvalue weighted by molar-refractivity contribution is -0.138. The Bertz CT molecular complexity index is 1180. The van der Waals surface area contributed by atoms with Crippen molar-refractivity contribution in [2.75, 3.05) is 20.3 Å². The molecule has 3 rings (SSSR count). The standard InChI is InChI=1S/C20H21ClF3N5O3S.ClH/c1-32-9-8-28-18(15-6-7-16(21)33-15)27-29(19(28)31)11-17(30)26-10-14(25)12-4-2-3-5-13(12)20(22,23)24;/h2-7,14H,8-11,25H2,1H3,(H,26,30);1H. The van der Waals surface area contributed by atoms with Crippen LogP contribution in [-0.4, -0.2) is 40.5 Å². The normalized spacial score (nSPS) is 12.3. The topological polar surface area (TPSA) is 104 Å². The first-order chi connectivity index (χ1) is 15.6. The fraction of sp³-hybridized carbons (Fsp3) is 0.350. The average Bonchev–Trinajstić information content (AvgIpc) is 3.33. The summed E-state index contributed by atoms with van der Waals surface area (Å²) in [7, 11) is 1.49. The summed E-state index contributed by atoms with van der Waals surface area (Å²) in [6, 6.07) is 7.19. The van der Waals surface area contributed by atoms with Gasteiger partial charge in [0.25, 0.3) is 0 Å². The zero-order valence-electron chi connectivity index (χ0n) is 17.8. The first kappa shape index (κ1) is 27.9. The second kappa shape index (κ2) is 11.8. The second-order valence-corrected chi connectivity index (χ2v) is 8.72. The molecule has 0 bridgehead atoms. The monoisotopic (exact) mass is 539 g/mol. The number of nitrogens with one attached hydrogen (secondary N) is 1. The molecule has 0 radical (unpaired) electrons. The summed E-state index contributed by atoms with van der Waals surface area (Å²) >= 11 is 7.21. The lowest BCUT2D eigenvalue weighted by Crippen LogP contribution is -2.37. The molecule has 3 N–H and O–H groups in total. The molecule has 0 spiro atoms. The average molecular weight is 540 g/mol. The molecular weight excluding hydrogens is 518 g/mol. The lowest BCUT2D eigenvalue weighted by atomic mass is 10.0. The number of benzene rings is 1. The Labute approximate surface area is 207 Å². The Kier molecular flexibility index (Phi) is 9.71. The van der Waals surface area contributed by atoms with E-state index in [0.717, 1.165) is 10.7 Å². The van der Waals surface area contributed by atoms with Crippen LogP contribution in [0.4, 0.5) is 13.2 Å². The third-order valence-electron chi connectivity index (χ3n) is 4.71. The molecule has 0 saturated heterocycles. The third-order valence-corrected chi connectivity index (χ3v) is 5.94. The summed E-state index contributed by atoms with van der Waals surface area (Å²) < 4.78 is 47.5. The minimum absolute atomic E-state index is 0. The fourth-order valence-electron chi connectivity index (χ4n) is 3.15. The van der Waals surface area contributed by atoms with E-state index in [4.69, 9.17) is 22.1 Å². The van der Waals surface area contributed by atoms with E-state index >= 15 is 0 Å². The first-order valence-electron chi connectivity index (χ1n) is 9.72. The Morgan fingerprint density at radius 3 is 2.62 bits per heavy atom. The van der Waals surface area contributed by atoms with Crippen molar-refractivity contribution in [1.82, 2.24) is 19.7 Å². The Morgan fingerprint density at radius 1 is 1.29 bits per heavy atom. The quantitative estimate of drug-likeness (QED) is 0.434. The summed E-state index contributed by atoms with van der Waals surface area (Å²) in [5.74, 6) is -0.290. The van der Waals surface area contributed by atoms with Gasteiger partial charge in [0.05, 0.1) is 27.9 Å². The van der Waals surface area contributed by atoms with Crippen LogP contribution in [0.3, 0.4) is 0 Å². The highest BCUT2D eigenvalue weighted by Gasteiger charge is 2.34. The van der Waals surface area contributed by atoms with Gasteiger partial charge < -0.3 is 15.8 Å². The smallest absolute Gasteiger partial charge is 0.383 e. The minimum atomic E-state index is -4.57. The van der Waals surface area contributed by atoms with Crippen LogP contribution >= 0.6 is 35.3 Å². The van der Waals surface area contributed by atoms with E-state index in [0.29, 0.717) is 15.0 Å². The molecule has 1 amide bonds. The number of halogens is 5. The number of carbonyl (C=O) groups excluding carboxylic acids is 1. The molecule has 1 unspecified atom stereocenters. The van der Waals surface area contributed by atoms with E-state index in [1.54, 1.807) is 12.1 Å². The number of amides is 1. The third kappa shape index (κ3) is 6.60. The van der Waals surface area contributed by atoms with Gasteiger partial charge in [-0.15, -0.1) is 28.8 Å². The molecule has 14 heteroatoms. The van der Waals surface area contributed by atoms with E-state index < -0.39 is 35.9 Å². The molecule has 0 aliphatic carbocycles. The Morgan fingerprint density at radius 2 is 2.00 bits per heavy atom. The number of hydrogen-bond acceptors (Lipinski definition) is 6. The van der Waals surface area contributed by atoms with Crippen molar-refractivity contribution in [2.45, 2.75) is 25.3 Å². The van der Waals surface area contributed by atoms with Gasteiger partial charge in [-0.25, -0.2) is 9.48 Å². The van der Waals surface area contributed by atoms with Crippen molar-refractivity contribution in [3.05, 3.63) is 62.3 Å². The van der Waals surface area contributed by atoms with Crippen molar-refractivity contribution in [2.24, 2.45) is 5.73 Å². The maximum absolute atomic E-state index is 13.2. The zero-order chi connectivity index (χ0) is 24.2. The molecule has 1 aromatic carbocycles. The summed E-state index contributed by atoms with van der Waals surface area (Å²) in [6.07, 6.45) is -4.57. The van der Waals surface area contributed by atoms with Crippen molar-refractivity contribution < 1.29 is 22.7 Å². The van der Waals surface area contributed by atoms with Gasteiger partial charge in [-0.1, -0.05) is 29.8 Å². The molecule has 1 atom stereocenters. The molecule has 0 saturated carbocycles. The van der Waals surface area contributed by atoms with Crippen LogP contribution in [0.15, 0.2) is 41.2 Å². The van der Waals surface area contributed by atoms with Crippen molar-refractivity contribution in [1.29, 1.82) is 0 Å². The number of hydrogen-bond donors (Lipinski definition) is 2. The molecule has 186 valence electrons. The van der Waals surface area contributed by atoms with Gasteiger partial charge in [0.15, 0.2) is 5.82 Å². The highest BCUT2D eigenvalue weighted by atomic mass is 35.5. The summed E-state index contributed by atoms with van der Waals surface area (Å²) in [6.45, 7) is -0.227. The van der Waals surface area contributed by atoms with Crippen LogP contribution in [0.1, 0.15) is 17.2 Å². The van der Waals surface area contributed by atoms with Gasteiger partial charge in [0.2, 0.25) is 5.91 Å². The van der Waals surface area contributed by atoms with Gasteiger partial charge in [-0.05, 0) is 23.8 Å². The van der Waals surface area contributed by atoms with Crippen LogP contribution in [0.5, 0.6) is 0 Å². The Hall–Kier alpha value is -2.38. The van der Waals surface area contributed by atoms with Gasteiger partial charge in [-0.2, -0.15) is 13.2 Å². The maximum Gasteiger partial charge on any atom is 0.416 e. The predicted molar refractivity (Wildman–Crippen MR) is 125 cm³/mol. The predicted octanol–water partition coefficient (Wildman–Crippen LogP) is 3.33. The van der Waals surface area contributed by atoms with E-state index in [9.17, 15) is 22.8 Å². The number of alkyl halides is 3. The summed E-state index contributed by atoms with van der Waals surface area (Å²) in [5, 5.41) is 6.71. The SMILES string of the molecule is COCCn1c(-c2ccc(Cl)s2)nn(CC(=O)NCC(N)c2ccccc2C(F)(F)F)c1=O.Cl. The fourth-order valence-corrected chi connectivity index (χ4v) is 4.19. The second-order valence-electron chi connectivity index (χ2n) is 7.01. The first-order valence-corrected chi connectivity index (χ1v) is 10.9. The van der Waals surface area contributed by atoms with E-state index in [1.165, 1.54) is 41.2 Å². The molecule has 34 heavy (non-hydrogen) atoms. The number of methoxy groups -OCH3 is 1. The van der Waals surface area contributed by atoms with Gasteiger partial charge in [0, 0.05) is 19.7 Å². The molecule has 0 aliphatic rings. The summed E-state index contributed by atoms with van der Waals surface area (Å²) in [5.41, 5.74) is 4.37. The van der Waals surface area contributed by atoms with Crippen molar-refractivity contribution >= 4 is 41.3 Å². The van der Waals surface area contributed by atoms with Crippen LogP contribution < -0.4 is 16.7 Å². The van der Waals surface area contributed by atoms with Gasteiger partial charge in [0.1, 0.15) is 6.54 Å². The molecule has 2 aromatic heterocycles. The lowest BCUT2D eigenvalue weighted by Gasteiger charge is -2.18.